The van der Waals surface area contributed by atoms with Crippen LogP contribution in [-0.4, -0.2) is 69.6 Å². The van der Waals surface area contributed by atoms with Crippen LogP contribution in [0.15, 0.2) is 24.4 Å². The Kier molecular flexibility index (Phi) is 7.61. The van der Waals surface area contributed by atoms with Crippen molar-refractivity contribution in [1.29, 1.82) is 0 Å². The second kappa shape index (κ2) is 10.1. The molecule has 2 atom stereocenters. The highest BCUT2D eigenvalue weighted by Crippen LogP contribution is 2.30. The van der Waals surface area contributed by atoms with Crippen LogP contribution in [0, 0.1) is 0 Å². The SMILES string of the molecule is COC(=O)C(CCOC(C)(C)C)N1CC(=O)NC(c2cc(Cl)ccc2-n2cc(Cl)nn2)C1=O. The Bertz CT molecular complexity index is 1050. The van der Waals surface area contributed by atoms with Crippen molar-refractivity contribution in [3.63, 3.8) is 0 Å². The number of piperazine rings is 1. The zero-order valence-electron chi connectivity index (χ0n) is 18.7. The monoisotopic (exact) mass is 497 g/mol. The molecule has 1 aliphatic rings. The van der Waals surface area contributed by atoms with E-state index in [2.05, 4.69) is 15.6 Å². The van der Waals surface area contributed by atoms with Crippen molar-refractivity contribution in [2.45, 2.75) is 44.9 Å². The van der Waals surface area contributed by atoms with E-state index in [1.807, 2.05) is 20.8 Å². The van der Waals surface area contributed by atoms with Crippen molar-refractivity contribution in [3.05, 3.63) is 40.1 Å². The number of nitrogens with zero attached hydrogens (tertiary/aromatic N) is 4. The predicted molar refractivity (Wildman–Crippen MR) is 120 cm³/mol. The lowest BCUT2D eigenvalue weighted by Gasteiger charge is -2.37. The number of carbonyl (C=O) groups is 3. The molecule has 3 rings (SSSR count). The Labute approximate surface area is 201 Å². The van der Waals surface area contributed by atoms with Crippen LogP contribution < -0.4 is 5.32 Å². The fourth-order valence-corrected chi connectivity index (χ4v) is 3.79. The smallest absolute Gasteiger partial charge is 0.328 e. The maximum atomic E-state index is 13.5. The second-order valence-corrected chi connectivity index (χ2v) is 9.27. The van der Waals surface area contributed by atoms with Crippen LogP contribution in [0.1, 0.15) is 38.8 Å². The third-order valence-electron chi connectivity index (χ3n) is 4.94. The van der Waals surface area contributed by atoms with Gasteiger partial charge in [0.2, 0.25) is 5.91 Å². The summed E-state index contributed by atoms with van der Waals surface area (Å²) in [6, 6.07) is 2.69. The summed E-state index contributed by atoms with van der Waals surface area (Å²) < 4.78 is 12.0. The summed E-state index contributed by atoms with van der Waals surface area (Å²) in [4.78, 5) is 39.9. The number of methoxy groups -OCH3 is 1. The van der Waals surface area contributed by atoms with Gasteiger partial charge in [-0.1, -0.05) is 28.4 Å². The highest BCUT2D eigenvalue weighted by Gasteiger charge is 2.41. The van der Waals surface area contributed by atoms with Crippen LogP contribution in [0.5, 0.6) is 0 Å². The van der Waals surface area contributed by atoms with E-state index in [0.29, 0.717) is 16.3 Å². The van der Waals surface area contributed by atoms with Crippen LogP contribution in [-0.2, 0) is 23.9 Å². The average Bonchev–Trinajstić information content (AvgIpc) is 3.17. The minimum atomic E-state index is -1.11. The van der Waals surface area contributed by atoms with Gasteiger partial charge in [-0.3, -0.25) is 9.59 Å². The number of benzene rings is 1. The highest BCUT2D eigenvalue weighted by molar-refractivity contribution is 6.30. The van der Waals surface area contributed by atoms with E-state index < -0.39 is 35.5 Å². The number of rotatable bonds is 7. The van der Waals surface area contributed by atoms with E-state index in [9.17, 15) is 14.4 Å². The van der Waals surface area contributed by atoms with Gasteiger partial charge in [-0.25, -0.2) is 9.48 Å². The molecule has 1 aromatic heterocycles. The van der Waals surface area contributed by atoms with Gasteiger partial charge in [0.05, 0.1) is 24.6 Å². The van der Waals surface area contributed by atoms with Crippen molar-refractivity contribution in [2.75, 3.05) is 20.3 Å². The van der Waals surface area contributed by atoms with Gasteiger partial charge in [-0.2, -0.15) is 0 Å². The Hall–Kier alpha value is -2.69. The van der Waals surface area contributed by atoms with E-state index in [1.54, 1.807) is 18.2 Å². The molecule has 2 unspecified atom stereocenters. The van der Waals surface area contributed by atoms with Crippen molar-refractivity contribution >= 4 is 41.0 Å². The number of halogens is 2. The second-order valence-electron chi connectivity index (χ2n) is 8.44. The molecule has 0 aliphatic carbocycles. The molecule has 33 heavy (non-hydrogen) atoms. The molecule has 2 heterocycles. The lowest BCUT2D eigenvalue weighted by Crippen LogP contribution is -2.59. The molecule has 2 amide bonds. The summed E-state index contributed by atoms with van der Waals surface area (Å²) in [5.74, 6) is -1.56. The van der Waals surface area contributed by atoms with E-state index in [4.69, 9.17) is 32.7 Å². The predicted octanol–water partition coefficient (Wildman–Crippen LogP) is 2.32. The van der Waals surface area contributed by atoms with Crippen LogP contribution >= 0.6 is 23.2 Å². The third kappa shape index (κ3) is 6.01. The first-order chi connectivity index (χ1) is 15.5. The minimum absolute atomic E-state index is 0.154. The molecule has 0 radical (unpaired) electrons. The molecule has 2 aromatic rings. The molecule has 12 heteroatoms. The maximum absolute atomic E-state index is 13.5. The number of hydrogen-bond acceptors (Lipinski definition) is 7. The summed E-state index contributed by atoms with van der Waals surface area (Å²) in [5.41, 5.74) is 0.396. The summed E-state index contributed by atoms with van der Waals surface area (Å²) in [7, 11) is 1.23. The summed E-state index contributed by atoms with van der Waals surface area (Å²) >= 11 is 12.1. The first-order valence-corrected chi connectivity index (χ1v) is 10.9. The zero-order valence-corrected chi connectivity index (χ0v) is 20.2. The summed E-state index contributed by atoms with van der Waals surface area (Å²) in [5, 5.41) is 10.9. The summed E-state index contributed by atoms with van der Waals surface area (Å²) in [6.45, 7) is 5.54. The van der Waals surface area contributed by atoms with Crippen LogP contribution in [0.25, 0.3) is 5.69 Å². The maximum Gasteiger partial charge on any atom is 0.328 e. The van der Waals surface area contributed by atoms with Crippen molar-refractivity contribution in [3.8, 4) is 5.69 Å². The highest BCUT2D eigenvalue weighted by atomic mass is 35.5. The Morgan fingerprint density at radius 2 is 2.03 bits per heavy atom. The van der Waals surface area contributed by atoms with E-state index >= 15 is 0 Å². The quantitative estimate of drug-likeness (QED) is 0.583. The third-order valence-corrected chi connectivity index (χ3v) is 5.35. The lowest BCUT2D eigenvalue weighted by molar-refractivity contribution is -0.159. The van der Waals surface area contributed by atoms with E-state index in [-0.39, 0.29) is 24.7 Å². The molecule has 10 nitrogen and oxygen atoms in total. The van der Waals surface area contributed by atoms with Crippen molar-refractivity contribution in [2.24, 2.45) is 0 Å². The topological polar surface area (TPSA) is 116 Å². The molecule has 1 aromatic carbocycles. The number of aromatic nitrogens is 3. The van der Waals surface area contributed by atoms with E-state index in [1.165, 1.54) is 22.9 Å². The number of ether oxygens (including phenoxy) is 2. The van der Waals surface area contributed by atoms with Gasteiger partial charge in [-0.05, 0) is 39.0 Å². The molecule has 1 N–H and O–H groups in total. The first-order valence-electron chi connectivity index (χ1n) is 10.2. The van der Waals surface area contributed by atoms with Gasteiger partial charge in [0.1, 0.15) is 18.6 Å². The fraction of sp³-hybridized carbons (Fsp3) is 0.476. The number of carbonyl (C=O) groups excluding carboxylic acids is 3. The fourth-order valence-electron chi connectivity index (χ4n) is 3.48. The molecule has 178 valence electrons. The molecular formula is C21H25Cl2N5O5. The molecule has 1 fully saturated rings. The first kappa shape index (κ1) is 24.9. The number of nitrogens with one attached hydrogen (secondary N) is 1. The van der Waals surface area contributed by atoms with Gasteiger partial charge in [-0.15, -0.1) is 5.10 Å². The van der Waals surface area contributed by atoms with E-state index in [0.717, 1.165) is 0 Å². The summed E-state index contributed by atoms with van der Waals surface area (Å²) in [6.07, 6.45) is 1.62. The Morgan fingerprint density at radius 1 is 1.30 bits per heavy atom. The minimum Gasteiger partial charge on any atom is -0.467 e. The van der Waals surface area contributed by atoms with Crippen molar-refractivity contribution < 1.29 is 23.9 Å². The number of amides is 2. The molecule has 1 saturated heterocycles. The Morgan fingerprint density at radius 3 is 2.64 bits per heavy atom. The lowest BCUT2D eigenvalue weighted by atomic mass is 9.99. The molecule has 1 aliphatic heterocycles. The standard InChI is InChI=1S/C21H25Cl2N5O5/c1-21(2,3)33-8-7-15(20(31)32-4)27-11-17(29)24-18(19(27)30)13-9-12(22)5-6-14(13)28-10-16(23)25-26-28/h5-6,9-10,15,18H,7-8,11H2,1-4H3,(H,24,29). The molecule has 0 spiro atoms. The average molecular weight is 498 g/mol. The van der Waals surface area contributed by atoms with Gasteiger partial charge in [0, 0.05) is 23.6 Å². The van der Waals surface area contributed by atoms with Gasteiger partial charge in [0.25, 0.3) is 5.91 Å². The molecular weight excluding hydrogens is 473 g/mol. The van der Waals surface area contributed by atoms with Crippen LogP contribution in [0.2, 0.25) is 10.2 Å². The molecule has 0 saturated carbocycles. The molecule has 0 bridgehead atoms. The largest absolute Gasteiger partial charge is 0.467 e. The van der Waals surface area contributed by atoms with Gasteiger partial charge >= 0.3 is 5.97 Å². The van der Waals surface area contributed by atoms with Gasteiger partial charge < -0.3 is 19.7 Å². The van der Waals surface area contributed by atoms with Gasteiger partial charge in [0.15, 0.2) is 5.15 Å². The van der Waals surface area contributed by atoms with Crippen molar-refractivity contribution in [1.82, 2.24) is 25.2 Å². The zero-order chi connectivity index (χ0) is 24.3. The van der Waals surface area contributed by atoms with Crippen LogP contribution in [0.4, 0.5) is 0 Å². The number of esters is 1. The van der Waals surface area contributed by atoms with Crippen LogP contribution in [0.3, 0.4) is 0 Å². The normalized spacial score (nSPS) is 17.6. The Balaban J connectivity index is 1.95. The number of hydrogen-bond donors (Lipinski definition) is 1.